The molecule has 11 heteroatoms. The van der Waals surface area contributed by atoms with Crippen LogP contribution < -0.4 is 16.1 Å². The maximum atomic E-state index is 13.6. The van der Waals surface area contributed by atoms with Gasteiger partial charge in [0, 0.05) is 0 Å². The zero-order chi connectivity index (χ0) is 34.8. The SMILES string of the molecule is CC(C)(C)OC(=O)C(CC/C=C/C(N)=O)N(C(=O)OCCO[Si](c1ccccc1)(c1ccccc1)C(C)(C)C)C(=O)OC(C)(C)C. The molecule has 2 rings (SSSR count). The summed E-state index contributed by atoms with van der Waals surface area (Å²) in [6.07, 6.45) is 0.512. The van der Waals surface area contributed by atoms with E-state index in [1.165, 1.54) is 6.08 Å². The predicted molar refractivity (Wildman–Crippen MR) is 180 cm³/mol. The van der Waals surface area contributed by atoms with Crippen LogP contribution in [0.5, 0.6) is 0 Å². The summed E-state index contributed by atoms with van der Waals surface area (Å²) in [7, 11) is -2.92. The number of rotatable bonds is 12. The highest BCUT2D eigenvalue weighted by molar-refractivity contribution is 6.99. The van der Waals surface area contributed by atoms with Gasteiger partial charge in [0.1, 0.15) is 23.9 Å². The lowest BCUT2D eigenvalue weighted by molar-refractivity contribution is -0.161. The monoisotopic (exact) mass is 654 g/mol. The first-order valence-electron chi connectivity index (χ1n) is 15.4. The number of benzene rings is 2. The Kier molecular flexibility index (Phi) is 13.3. The van der Waals surface area contributed by atoms with E-state index in [-0.39, 0.29) is 31.1 Å². The van der Waals surface area contributed by atoms with Gasteiger partial charge in [-0.1, -0.05) is 87.5 Å². The van der Waals surface area contributed by atoms with Crippen LogP contribution in [0.25, 0.3) is 0 Å². The van der Waals surface area contributed by atoms with Crippen molar-refractivity contribution in [3.8, 4) is 0 Å². The van der Waals surface area contributed by atoms with Crippen LogP contribution in [-0.2, 0) is 28.2 Å². The molecule has 0 heterocycles. The molecule has 10 nitrogen and oxygen atoms in total. The highest BCUT2D eigenvalue weighted by Crippen LogP contribution is 2.36. The van der Waals surface area contributed by atoms with E-state index in [0.29, 0.717) is 4.90 Å². The van der Waals surface area contributed by atoms with Crippen molar-refractivity contribution >= 4 is 42.8 Å². The normalized spacial score (nSPS) is 13.2. The highest BCUT2D eigenvalue weighted by atomic mass is 28.4. The number of amides is 3. The van der Waals surface area contributed by atoms with Gasteiger partial charge in [0.25, 0.3) is 8.32 Å². The van der Waals surface area contributed by atoms with Gasteiger partial charge in [-0.2, -0.15) is 4.90 Å². The van der Waals surface area contributed by atoms with Gasteiger partial charge in [0.05, 0.1) is 6.61 Å². The van der Waals surface area contributed by atoms with E-state index in [0.717, 1.165) is 16.4 Å². The molecule has 1 unspecified atom stereocenters. The minimum atomic E-state index is -2.92. The van der Waals surface area contributed by atoms with Gasteiger partial charge in [-0.25, -0.2) is 14.4 Å². The molecule has 0 aliphatic heterocycles. The van der Waals surface area contributed by atoms with E-state index < -0.39 is 49.6 Å². The molecule has 0 saturated heterocycles. The zero-order valence-corrected chi connectivity index (χ0v) is 29.6. The fourth-order valence-corrected chi connectivity index (χ4v) is 9.52. The van der Waals surface area contributed by atoms with E-state index in [4.69, 9.17) is 24.4 Å². The molecular formula is C35H50N2O8Si. The smallest absolute Gasteiger partial charge is 0.420 e. The Hall–Kier alpha value is -3.96. The number of carbonyl (C=O) groups is 4. The number of carbonyl (C=O) groups excluding carboxylic acids is 4. The van der Waals surface area contributed by atoms with Crippen molar-refractivity contribution in [2.45, 2.75) is 97.4 Å². The quantitative estimate of drug-likeness (QED) is 0.105. The van der Waals surface area contributed by atoms with Crippen LogP contribution >= 0.6 is 0 Å². The molecule has 0 aliphatic carbocycles. The molecular weight excluding hydrogens is 604 g/mol. The fourth-order valence-electron chi connectivity index (χ4n) is 4.97. The number of hydrogen-bond acceptors (Lipinski definition) is 8. The lowest BCUT2D eigenvalue weighted by Crippen LogP contribution is -2.66. The second kappa shape index (κ2) is 16.0. The van der Waals surface area contributed by atoms with E-state index in [2.05, 4.69) is 45.0 Å². The summed E-state index contributed by atoms with van der Waals surface area (Å²) in [5.74, 6) is -1.50. The molecule has 1 atom stereocenters. The van der Waals surface area contributed by atoms with Crippen LogP contribution in [0.4, 0.5) is 9.59 Å². The maximum Gasteiger partial charge on any atom is 0.420 e. The fraction of sp³-hybridized carbons (Fsp3) is 0.486. The average molecular weight is 655 g/mol. The number of allylic oxidation sites excluding steroid dienone is 1. The lowest BCUT2D eigenvalue weighted by Gasteiger charge is -2.43. The molecule has 0 radical (unpaired) electrons. The van der Waals surface area contributed by atoms with E-state index in [1.807, 2.05) is 36.4 Å². The van der Waals surface area contributed by atoms with E-state index in [9.17, 15) is 19.2 Å². The Labute approximate surface area is 274 Å². The van der Waals surface area contributed by atoms with Gasteiger partial charge >= 0.3 is 18.2 Å². The Morgan fingerprint density at radius 3 is 1.70 bits per heavy atom. The number of nitrogens with zero attached hydrogens (tertiary/aromatic N) is 1. The standard InChI is InChI=1S/C35H50N2O8Si/c1-33(2,3)44-30(39)28(22-16-17-23-29(36)38)37(32(41)45-34(4,5)6)31(40)42-24-25-43-46(35(7,8)9,26-18-12-10-13-19-26)27-20-14-11-15-21-27/h10-15,17-21,23,28H,16,22,24-25H2,1-9H3,(H2,36,38)/b23-17+. The Balaban J connectivity index is 2.41. The van der Waals surface area contributed by atoms with Crippen molar-refractivity contribution in [2.75, 3.05) is 13.2 Å². The Morgan fingerprint density at radius 1 is 0.761 bits per heavy atom. The van der Waals surface area contributed by atoms with Crippen LogP contribution in [0, 0.1) is 0 Å². The van der Waals surface area contributed by atoms with Gasteiger partial charge in [0.15, 0.2) is 0 Å². The predicted octanol–water partition coefficient (Wildman–Crippen LogP) is 5.47. The topological polar surface area (TPSA) is 134 Å². The molecule has 0 fully saturated rings. The van der Waals surface area contributed by atoms with Crippen molar-refractivity contribution in [3.63, 3.8) is 0 Å². The molecule has 0 aromatic heterocycles. The van der Waals surface area contributed by atoms with Gasteiger partial charge in [-0.3, -0.25) is 4.79 Å². The summed E-state index contributed by atoms with van der Waals surface area (Å²) >= 11 is 0. The zero-order valence-electron chi connectivity index (χ0n) is 28.6. The third-order valence-corrected chi connectivity index (χ3v) is 11.8. The number of ether oxygens (including phenoxy) is 3. The number of hydrogen-bond donors (Lipinski definition) is 1. The first-order valence-corrected chi connectivity index (χ1v) is 17.3. The third kappa shape index (κ3) is 11.1. The summed E-state index contributed by atoms with van der Waals surface area (Å²) in [5, 5.41) is 1.82. The van der Waals surface area contributed by atoms with Crippen LogP contribution in [-0.4, -0.2) is 67.7 Å². The van der Waals surface area contributed by atoms with Gasteiger partial charge < -0.3 is 24.4 Å². The largest absolute Gasteiger partial charge is 0.458 e. The van der Waals surface area contributed by atoms with Gasteiger partial charge in [-0.15, -0.1) is 0 Å². The van der Waals surface area contributed by atoms with Crippen molar-refractivity contribution < 1.29 is 37.8 Å². The van der Waals surface area contributed by atoms with Crippen LogP contribution in [0.2, 0.25) is 5.04 Å². The molecule has 0 saturated carbocycles. The van der Waals surface area contributed by atoms with Crippen LogP contribution in [0.3, 0.4) is 0 Å². The maximum absolute atomic E-state index is 13.6. The number of esters is 1. The average Bonchev–Trinajstić information content (AvgIpc) is 2.92. The minimum absolute atomic E-state index is 0.0274. The molecule has 252 valence electrons. The van der Waals surface area contributed by atoms with Crippen molar-refractivity contribution in [3.05, 3.63) is 72.8 Å². The Bertz CT molecular complexity index is 1300. The molecule has 2 N–H and O–H groups in total. The first kappa shape index (κ1) is 38.2. The summed E-state index contributed by atoms with van der Waals surface area (Å²) in [6.45, 7) is 16.2. The Morgan fingerprint density at radius 2 is 1.26 bits per heavy atom. The molecule has 2 aromatic rings. The van der Waals surface area contributed by atoms with Gasteiger partial charge in [0.2, 0.25) is 5.91 Å². The summed E-state index contributed by atoms with van der Waals surface area (Å²) < 4.78 is 23.5. The van der Waals surface area contributed by atoms with E-state index >= 15 is 0 Å². The van der Waals surface area contributed by atoms with Gasteiger partial charge in [-0.05, 0) is 75.9 Å². The summed E-state index contributed by atoms with van der Waals surface area (Å²) in [6, 6.07) is 18.6. The molecule has 2 aromatic carbocycles. The second-order valence-corrected chi connectivity index (χ2v) is 18.2. The van der Waals surface area contributed by atoms with Crippen LogP contribution in [0.15, 0.2) is 72.8 Å². The second-order valence-electron chi connectivity index (χ2n) is 13.9. The number of primary amides is 1. The lowest BCUT2D eigenvalue weighted by atomic mass is 10.1. The van der Waals surface area contributed by atoms with E-state index in [1.54, 1.807) is 41.5 Å². The van der Waals surface area contributed by atoms with Crippen molar-refractivity contribution in [2.24, 2.45) is 5.73 Å². The number of nitrogens with two attached hydrogens (primary N) is 1. The number of imide groups is 1. The highest BCUT2D eigenvalue weighted by Gasteiger charge is 2.50. The summed E-state index contributed by atoms with van der Waals surface area (Å²) in [4.78, 5) is 52.3. The summed E-state index contributed by atoms with van der Waals surface area (Å²) in [5.41, 5.74) is 3.30. The van der Waals surface area contributed by atoms with Crippen molar-refractivity contribution in [1.29, 1.82) is 0 Å². The first-order chi connectivity index (χ1) is 21.3. The van der Waals surface area contributed by atoms with Crippen molar-refractivity contribution in [1.82, 2.24) is 4.90 Å². The molecule has 0 spiro atoms. The molecule has 0 aliphatic rings. The van der Waals surface area contributed by atoms with Crippen LogP contribution in [0.1, 0.15) is 75.2 Å². The third-order valence-electron chi connectivity index (χ3n) is 6.71. The molecule has 46 heavy (non-hydrogen) atoms. The molecule has 0 bridgehead atoms. The molecule has 3 amide bonds. The minimum Gasteiger partial charge on any atom is -0.458 e.